The Hall–Kier alpha value is -4.04. The number of hydrogen-bond donors (Lipinski definition) is 1. The number of ether oxygens (including phenoxy) is 2. The van der Waals surface area contributed by atoms with Gasteiger partial charge < -0.3 is 19.1 Å². The van der Waals surface area contributed by atoms with E-state index in [0.29, 0.717) is 36.1 Å². The van der Waals surface area contributed by atoms with E-state index in [-0.39, 0.29) is 5.69 Å². The smallest absolute Gasteiger partial charge is 0.354 e. The molecule has 2 aromatic heterocycles. The van der Waals surface area contributed by atoms with Gasteiger partial charge in [0.2, 0.25) is 0 Å². The summed E-state index contributed by atoms with van der Waals surface area (Å²) in [6, 6.07) is 17.0. The molecule has 1 N–H and O–H groups in total. The largest absolute Gasteiger partial charge is 0.477 e. The predicted octanol–water partition coefficient (Wildman–Crippen LogP) is 6.30. The Labute approximate surface area is 235 Å². The number of carbonyl (C=O) groups excluding carboxylic acids is 1. The summed E-state index contributed by atoms with van der Waals surface area (Å²) in [5.74, 6) is -0.622. The molecule has 0 saturated carbocycles. The third-order valence-electron chi connectivity index (χ3n) is 7.10. The Kier molecular flexibility index (Phi) is 8.12. The monoisotopic (exact) mass is 543 g/mol. The fourth-order valence-corrected chi connectivity index (χ4v) is 5.16. The van der Waals surface area contributed by atoms with Gasteiger partial charge in [-0.25, -0.2) is 19.6 Å². The Bertz CT molecular complexity index is 1540. The Morgan fingerprint density at radius 1 is 1.00 bits per heavy atom. The van der Waals surface area contributed by atoms with Gasteiger partial charge in [-0.2, -0.15) is 0 Å². The van der Waals surface area contributed by atoms with E-state index in [9.17, 15) is 14.7 Å². The van der Waals surface area contributed by atoms with Gasteiger partial charge in [-0.15, -0.1) is 0 Å². The fraction of sp³-hybridized carbons (Fsp3) is 0.375. The minimum atomic E-state index is -1.07. The number of carboxylic acids is 1. The molecule has 0 aliphatic rings. The lowest BCUT2D eigenvalue weighted by Crippen LogP contribution is -2.33. The first-order valence-corrected chi connectivity index (χ1v) is 13.5. The number of carboxylic acid groups (broad SMARTS) is 1. The molecule has 0 aliphatic carbocycles. The molecule has 2 aromatic carbocycles. The second-order valence-corrected chi connectivity index (χ2v) is 10.9. The van der Waals surface area contributed by atoms with Crippen molar-refractivity contribution in [1.82, 2.24) is 14.5 Å². The Morgan fingerprint density at radius 3 is 2.25 bits per heavy atom. The Balaban J connectivity index is 1.74. The van der Waals surface area contributed by atoms with Gasteiger partial charge in [-0.05, 0) is 62.9 Å². The number of carbonyl (C=O) groups is 2. The van der Waals surface area contributed by atoms with Gasteiger partial charge in [0.1, 0.15) is 22.5 Å². The second kappa shape index (κ2) is 11.2. The highest BCUT2D eigenvalue weighted by molar-refractivity contribution is 5.92. The zero-order valence-corrected chi connectivity index (χ0v) is 24.2. The van der Waals surface area contributed by atoms with E-state index in [1.54, 1.807) is 19.2 Å². The summed E-state index contributed by atoms with van der Waals surface area (Å²) in [5.41, 5.74) is 3.69. The maximum absolute atomic E-state index is 13.2. The number of aromatic nitrogens is 3. The number of rotatable bonds is 9. The van der Waals surface area contributed by atoms with Crippen molar-refractivity contribution in [1.29, 1.82) is 0 Å². The van der Waals surface area contributed by atoms with Crippen LogP contribution in [0.25, 0.3) is 11.2 Å². The number of benzene rings is 2. The second-order valence-electron chi connectivity index (χ2n) is 10.9. The third kappa shape index (κ3) is 5.49. The summed E-state index contributed by atoms with van der Waals surface area (Å²) in [4.78, 5) is 34.0. The van der Waals surface area contributed by atoms with Crippen LogP contribution in [0.5, 0.6) is 0 Å². The van der Waals surface area contributed by atoms with Gasteiger partial charge in [-0.3, -0.25) is 0 Å². The summed E-state index contributed by atoms with van der Waals surface area (Å²) in [5, 5.41) is 9.54. The number of methoxy groups -OCH3 is 1. The number of aryl methyl sites for hydroxylation is 2. The minimum absolute atomic E-state index is 0.000581. The third-order valence-corrected chi connectivity index (χ3v) is 7.10. The average molecular weight is 544 g/mol. The number of fused-ring (bicyclic) bond motifs is 1. The summed E-state index contributed by atoms with van der Waals surface area (Å²) in [6.07, 6.45) is 1.27. The summed E-state index contributed by atoms with van der Waals surface area (Å²) >= 11 is 0. The topological polar surface area (TPSA) is 104 Å². The van der Waals surface area contributed by atoms with Crippen LogP contribution in [0.15, 0.2) is 54.6 Å². The van der Waals surface area contributed by atoms with E-state index in [1.165, 1.54) is 0 Å². The van der Waals surface area contributed by atoms with Crippen molar-refractivity contribution >= 4 is 23.1 Å². The highest BCUT2D eigenvalue weighted by Crippen LogP contribution is 2.39. The highest BCUT2D eigenvalue weighted by Gasteiger charge is 2.37. The number of nitrogens with zero attached hydrogens (tertiary/aromatic N) is 3. The molecule has 40 heavy (non-hydrogen) atoms. The lowest BCUT2D eigenvalue weighted by molar-refractivity contribution is 0.00175. The van der Waals surface area contributed by atoms with Crippen LogP contribution in [0.2, 0.25) is 0 Å². The van der Waals surface area contributed by atoms with Crippen LogP contribution >= 0.6 is 0 Å². The quantitative estimate of drug-likeness (QED) is 0.247. The van der Waals surface area contributed by atoms with E-state index in [1.807, 2.05) is 88.6 Å². The summed E-state index contributed by atoms with van der Waals surface area (Å²) in [6.45, 7) is 11.9. The zero-order valence-electron chi connectivity index (χ0n) is 24.2. The molecule has 4 rings (SSSR count). The molecule has 0 amide bonds. The van der Waals surface area contributed by atoms with Crippen LogP contribution in [-0.4, -0.2) is 44.3 Å². The van der Waals surface area contributed by atoms with Gasteiger partial charge in [0.25, 0.3) is 0 Å². The zero-order chi connectivity index (χ0) is 29.2. The summed E-state index contributed by atoms with van der Waals surface area (Å²) < 4.78 is 13.9. The highest BCUT2D eigenvalue weighted by atomic mass is 16.6. The molecule has 1 unspecified atom stereocenters. The van der Waals surface area contributed by atoms with Gasteiger partial charge in [0.05, 0.1) is 12.1 Å². The van der Waals surface area contributed by atoms with Crippen molar-refractivity contribution < 1.29 is 24.2 Å². The van der Waals surface area contributed by atoms with Crippen LogP contribution in [0.4, 0.5) is 0 Å². The van der Waals surface area contributed by atoms with Gasteiger partial charge in [0, 0.05) is 19.1 Å². The molecular formula is C32H37N3O5. The molecule has 210 valence electrons. The first-order valence-electron chi connectivity index (χ1n) is 13.5. The molecule has 0 saturated heterocycles. The van der Waals surface area contributed by atoms with E-state index < -0.39 is 23.1 Å². The van der Waals surface area contributed by atoms with Crippen LogP contribution < -0.4 is 0 Å². The van der Waals surface area contributed by atoms with Crippen molar-refractivity contribution in [3.63, 3.8) is 0 Å². The molecule has 0 fully saturated rings. The lowest BCUT2D eigenvalue weighted by atomic mass is 9.81. The molecule has 1 atom stereocenters. The van der Waals surface area contributed by atoms with Gasteiger partial charge in [0.15, 0.2) is 11.3 Å². The van der Waals surface area contributed by atoms with Crippen molar-refractivity contribution in [3.8, 4) is 0 Å². The molecule has 0 radical (unpaired) electrons. The first kappa shape index (κ1) is 29.0. The van der Waals surface area contributed by atoms with Crippen molar-refractivity contribution in [2.45, 2.75) is 72.1 Å². The number of pyridine rings is 1. The van der Waals surface area contributed by atoms with Gasteiger partial charge >= 0.3 is 11.9 Å². The van der Waals surface area contributed by atoms with E-state index >= 15 is 0 Å². The predicted molar refractivity (Wildman–Crippen MR) is 154 cm³/mol. The van der Waals surface area contributed by atoms with E-state index in [0.717, 1.165) is 28.1 Å². The Morgan fingerprint density at radius 2 is 1.68 bits per heavy atom. The van der Waals surface area contributed by atoms with Crippen LogP contribution in [0.1, 0.15) is 90.0 Å². The summed E-state index contributed by atoms with van der Waals surface area (Å²) in [7, 11) is 1.66. The van der Waals surface area contributed by atoms with Crippen LogP contribution in [0.3, 0.4) is 0 Å². The lowest BCUT2D eigenvalue weighted by Gasteiger charge is -2.34. The molecule has 0 aliphatic heterocycles. The normalized spacial score (nSPS) is 13.3. The molecule has 0 spiro atoms. The number of aromatic carboxylic acids is 1. The molecule has 2 heterocycles. The van der Waals surface area contributed by atoms with Crippen molar-refractivity contribution in [2.24, 2.45) is 0 Å². The minimum Gasteiger partial charge on any atom is -0.477 e. The first-order chi connectivity index (χ1) is 18.9. The molecule has 8 nitrogen and oxygen atoms in total. The SMILES string of the molecule is CCc1nc2c(C)cc(C(=O)O)nc2n1Cc1ccc(C(CC)(OC)c2ccccc2C(=O)OC(C)(C)C)cc1. The maximum atomic E-state index is 13.2. The van der Waals surface area contributed by atoms with Crippen LogP contribution in [-0.2, 0) is 28.0 Å². The number of esters is 1. The van der Waals surface area contributed by atoms with Gasteiger partial charge in [-0.1, -0.05) is 56.3 Å². The average Bonchev–Trinajstić information content (AvgIpc) is 3.27. The molecule has 8 heteroatoms. The van der Waals surface area contributed by atoms with E-state index in [4.69, 9.17) is 14.5 Å². The molecule has 0 bridgehead atoms. The maximum Gasteiger partial charge on any atom is 0.354 e. The number of hydrogen-bond acceptors (Lipinski definition) is 6. The van der Waals surface area contributed by atoms with E-state index in [2.05, 4.69) is 4.98 Å². The number of imidazole rings is 1. The standard InChI is InChI=1S/C32H37N3O5/c1-8-26-34-27-20(3)18-25(29(36)37)33-28(27)35(26)19-21-14-16-22(17-15-21)32(9-2,39-7)24-13-11-10-12-23(24)30(38)40-31(4,5)6/h10-18H,8-9,19H2,1-7H3,(H,36,37). The van der Waals surface area contributed by atoms with Crippen LogP contribution in [0, 0.1) is 6.92 Å². The van der Waals surface area contributed by atoms with Crippen molar-refractivity contribution in [3.05, 3.63) is 93.9 Å². The van der Waals surface area contributed by atoms with Crippen molar-refractivity contribution in [2.75, 3.05) is 7.11 Å². The fourth-order valence-electron chi connectivity index (χ4n) is 5.16. The molecular weight excluding hydrogens is 506 g/mol. The molecule has 4 aromatic rings.